The lowest BCUT2D eigenvalue weighted by molar-refractivity contribution is -0.646. The van der Waals surface area contributed by atoms with Crippen LogP contribution in [0.1, 0.15) is 18.7 Å². The van der Waals surface area contributed by atoms with Gasteiger partial charge in [0.15, 0.2) is 35.1 Å². The van der Waals surface area contributed by atoms with Crippen LogP contribution in [-0.4, -0.2) is 177 Å². The molecule has 0 saturated carbocycles. The molecule has 9 heterocycles. The Labute approximate surface area is 421 Å². The van der Waals surface area contributed by atoms with Crippen LogP contribution in [0.25, 0.3) is 33.5 Å². The standard InChI is InChI=1S/C33H45N15O24P4/c1-45-10-48(26-16(45)28(53)44-33(36)42-26)30-19(51)20(62-2)12(68-30)5-65-74(56,57)71-76(60,61)72-75(58,59)66-6-13-21(22(63-3)31(69-13)46-8-39-14-23(34)37-7-38-24(14)46)70-73(54,55)64-4-11-17(49)18(50)29(67-11)47-9-40-15-25(47)41-32(35)43-27(15)52/h7-13,17-22,29-31,49-51H,4-6H2,1-3H3,(H11-,34,35,36,37,38,41,42,43,44,52,53,54,55,56,57,58,59,60,61)/p+1/t11-,12-,13-,17+,18?,19+,20?,21+,22?,29-,30-,31-/m1/s1. The number of fused-ring (bicyclic) bond motifs is 3. The van der Waals surface area contributed by atoms with Crippen LogP contribution in [-0.2, 0) is 75.7 Å². The molecule has 0 aromatic carbocycles. The number of anilines is 3. The van der Waals surface area contributed by atoms with E-state index in [9.17, 15) is 62.7 Å². The van der Waals surface area contributed by atoms with Crippen molar-refractivity contribution in [3.63, 3.8) is 0 Å². The zero-order chi connectivity index (χ0) is 55.0. The van der Waals surface area contributed by atoms with Crippen LogP contribution < -0.4 is 32.9 Å². The molecule has 3 fully saturated rings. The van der Waals surface area contributed by atoms with Crippen molar-refractivity contribution in [2.24, 2.45) is 7.05 Å². The normalized spacial score (nSPS) is 30.2. The van der Waals surface area contributed by atoms with Gasteiger partial charge in [0.05, 0.1) is 39.5 Å². The van der Waals surface area contributed by atoms with Crippen molar-refractivity contribution in [2.45, 2.75) is 73.6 Å². The molecule has 7 unspecified atom stereocenters. The summed E-state index contributed by atoms with van der Waals surface area (Å²) in [4.78, 5) is 96.1. The minimum atomic E-state index is -6.18. The lowest BCUT2D eigenvalue weighted by Gasteiger charge is -2.26. The number of H-pyrrole nitrogens is 2. The molecule has 76 heavy (non-hydrogen) atoms. The van der Waals surface area contributed by atoms with E-state index in [4.69, 9.17) is 59.0 Å². The van der Waals surface area contributed by atoms with Gasteiger partial charge < -0.3 is 75.8 Å². The van der Waals surface area contributed by atoms with Crippen molar-refractivity contribution in [2.75, 3.05) is 51.2 Å². The molecule has 0 amide bonds. The molecule has 43 heteroatoms. The molecule has 3 aliphatic rings. The highest BCUT2D eigenvalue weighted by atomic mass is 31.3. The largest absolute Gasteiger partial charge is 0.490 e. The number of nitrogens with zero attached hydrogens (tertiary/aromatic N) is 10. The van der Waals surface area contributed by atoms with Gasteiger partial charge in [0.25, 0.3) is 16.7 Å². The molecule has 15 N–H and O–H groups in total. The summed E-state index contributed by atoms with van der Waals surface area (Å²) in [6.07, 6.45) is -14.5. The maximum absolute atomic E-state index is 13.7. The van der Waals surface area contributed by atoms with Gasteiger partial charge in [-0.3, -0.25) is 46.8 Å². The molecule has 6 aromatic heterocycles. The van der Waals surface area contributed by atoms with Crippen molar-refractivity contribution in [3.05, 3.63) is 46.0 Å². The minimum Gasteiger partial charge on any atom is -0.387 e. The van der Waals surface area contributed by atoms with E-state index in [2.05, 4.69) is 48.5 Å². The van der Waals surface area contributed by atoms with Crippen LogP contribution >= 0.6 is 31.3 Å². The van der Waals surface area contributed by atoms with Gasteiger partial charge in [-0.05, 0) is 0 Å². The number of phosphoric acid groups is 4. The smallest absolute Gasteiger partial charge is 0.387 e. The summed E-state index contributed by atoms with van der Waals surface area (Å²) in [5, 5.41) is 32.8. The molecule has 0 bridgehead atoms. The van der Waals surface area contributed by atoms with Gasteiger partial charge in [0.2, 0.25) is 24.5 Å². The van der Waals surface area contributed by atoms with Gasteiger partial charge in [-0.1, -0.05) is 0 Å². The van der Waals surface area contributed by atoms with Gasteiger partial charge >= 0.3 is 36.9 Å². The minimum absolute atomic E-state index is 0.0137. The first-order valence-electron chi connectivity index (χ1n) is 21.5. The van der Waals surface area contributed by atoms with E-state index in [1.165, 1.54) is 27.1 Å². The maximum atomic E-state index is 13.7. The summed E-state index contributed by atoms with van der Waals surface area (Å²) in [7, 11) is -19.7. The van der Waals surface area contributed by atoms with Crippen LogP contribution in [0.15, 0.2) is 34.9 Å². The first-order chi connectivity index (χ1) is 35.7. The van der Waals surface area contributed by atoms with Gasteiger partial charge in [-0.25, -0.2) is 42.8 Å². The Hall–Kier alpha value is -5.15. The lowest BCUT2D eigenvalue weighted by Crippen LogP contribution is -2.38. The Bertz CT molecular complexity index is 3490. The van der Waals surface area contributed by atoms with Crippen LogP contribution in [0, 0.1) is 0 Å². The third-order valence-electron chi connectivity index (χ3n) is 11.8. The molecule has 3 aliphatic heterocycles. The summed E-state index contributed by atoms with van der Waals surface area (Å²) in [6.45, 7) is -3.25. The fraction of sp³-hybridized carbons (Fsp3) is 0.545. The van der Waals surface area contributed by atoms with Gasteiger partial charge in [0, 0.05) is 14.2 Å². The summed E-state index contributed by atoms with van der Waals surface area (Å²) in [6, 6.07) is 0. The Kier molecular flexibility index (Phi) is 15.3. The molecule has 3 saturated heterocycles. The number of hydrogen-bond donors (Lipinski definition) is 12. The van der Waals surface area contributed by atoms with E-state index in [0.29, 0.717) is 0 Å². The van der Waals surface area contributed by atoms with Crippen LogP contribution in [0.5, 0.6) is 0 Å². The van der Waals surface area contributed by atoms with E-state index in [0.717, 1.165) is 37.8 Å². The third kappa shape index (κ3) is 11.0. The molecule has 6 aromatic rings. The summed E-state index contributed by atoms with van der Waals surface area (Å²) in [5.74, 6) is -0.671. The average molecular weight is 1160 g/mol. The number of nitrogens with one attached hydrogen (secondary N) is 2. The fourth-order valence-electron chi connectivity index (χ4n) is 8.57. The molecule has 0 aliphatic carbocycles. The molecule has 39 nitrogen and oxygen atoms in total. The second-order valence-electron chi connectivity index (χ2n) is 16.7. The zero-order valence-electron chi connectivity index (χ0n) is 38.9. The summed E-state index contributed by atoms with van der Waals surface area (Å²) in [5.41, 5.74) is 15.6. The predicted molar refractivity (Wildman–Crippen MR) is 244 cm³/mol. The Morgan fingerprint density at radius 3 is 1.79 bits per heavy atom. The number of methoxy groups -OCH3 is 2. The van der Waals surface area contributed by atoms with Crippen molar-refractivity contribution in [1.29, 1.82) is 0 Å². The quantitative estimate of drug-likeness (QED) is 0.0256. The number of ether oxygens (including phenoxy) is 5. The van der Waals surface area contributed by atoms with Gasteiger partial charge in [0.1, 0.15) is 66.8 Å². The van der Waals surface area contributed by atoms with E-state index in [-0.39, 0.29) is 51.2 Å². The monoisotopic (exact) mass is 1160 g/mol. The van der Waals surface area contributed by atoms with Crippen LogP contribution in [0.4, 0.5) is 17.7 Å². The second kappa shape index (κ2) is 20.9. The second-order valence-corrected chi connectivity index (χ2v) is 22.7. The van der Waals surface area contributed by atoms with E-state index in [1.54, 1.807) is 0 Å². The number of imidazole rings is 3. The maximum Gasteiger partial charge on any atom is 0.490 e. The Balaban J connectivity index is 0.866. The van der Waals surface area contributed by atoms with Gasteiger partial charge in [-0.2, -0.15) is 23.2 Å². The number of aromatic amines is 2. The summed E-state index contributed by atoms with van der Waals surface area (Å²) >= 11 is 0. The molecule has 16 atom stereocenters. The third-order valence-corrected chi connectivity index (χ3v) is 17.0. The van der Waals surface area contributed by atoms with Crippen molar-refractivity contribution in [3.8, 4) is 0 Å². The number of aryl methyl sites for hydroxylation is 1. The number of rotatable bonds is 20. The van der Waals surface area contributed by atoms with E-state index < -0.39 is 136 Å². The molecular formula is C33H46N15O24P4+. The number of aliphatic hydroxyl groups excluding tert-OH is 3. The topological polar surface area (TPSA) is 551 Å². The highest BCUT2D eigenvalue weighted by molar-refractivity contribution is 7.66. The number of hydrogen-bond acceptors (Lipinski definition) is 29. The number of nitrogen functional groups attached to an aromatic ring is 3. The number of nitrogens with two attached hydrogens (primary N) is 3. The van der Waals surface area contributed by atoms with Crippen LogP contribution in [0.2, 0.25) is 0 Å². The number of phosphoric ester groups is 3. The van der Waals surface area contributed by atoms with E-state index >= 15 is 0 Å². The van der Waals surface area contributed by atoms with Crippen molar-refractivity contribution in [1.82, 2.24) is 53.6 Å². The number of aliphatic hydroxyl groups is 3. The first kappa shape index (κ1) is 55.6. The molecule has 0 spiro atoms. The summed E-state index contributed by atoms with van der Waals surface area (Å²) < 4.78 is 115. The van der Waals surface area contributed by atoms with Crippen molar-refractivity contribution >= 4 is 82.5 Å². The van der Waals surface area contributed by atoms with Crippen LogP contribution in [0.3, 0.4) is 0 Å². The molecule has 416 valence electrons. The van der Waals surface area contributed by atoms with E-state index in [1.807, 2.05) is 0 Å². The molecule has 9 rings (SSSR count). The average Bonchev–Trinajstić information content (AvgIpc) is 4.18. The Morgan fingerprint density at radius 2 is 1.14 bits per heavy atom. The first-order valence-corrected chi connectivity index (χ1v) is 27.5. The SMILES string of the molecule is COC1[C@@H](OP(=O)(O)OC[C@H]2O[C@@H](n3cnc4c(=O)[nH]c(N)nc43)C(O)[C@H]2O)[C@@H](COP(=O)(O)OP(=O)(O)OP(=O)(O)OC[C@H]2O[C@@H](n3c[n+](C)c4c(=O)[nH]c(N)nc43)[C@@H](O)C2OC)O[C@H]1n1cnc2c(N)ncnc21. The highest BCUT2D eigenvalue weighted by Crippen LogP contribution is 2.68. The Morgan fingerprint density at radius 1 is 0.618 bits per heavy atom. The van der Waals surface area contributed by atoms with Gasteiger partial charge in [-0.15, -0.1) is 0 Å². The van der Waals surface area contributed by atoms with Crippen molar-refractivity contribution < 1.29 is 108 Å². The lowest BCUT2D eigenvalue weighted by atomic mass is 10.1. The highest BCUT2D eigenvalue weighted by Gasteiger charge is 2.54. The fourth-order valence-corrected chi connectivity index (χ4v) is 13.0. The number of aromatic nitrogens is 12. The zero-order valence-corrected chi connectivity index (χ0v) is 42.5. The molecular weight excluding hydrogens is 1110 g/mol. The molecule has 0 radical (unpaired) electrons. The predicted octanol–water partition coefficient (Wildman–Crippen LogP) is -4.06.